The summed E-state index contributed by atoms with van der Waals surface area (Å²) in [5.74, 6) is -0.411. The molecule has 134 valence electrons. The highest BCUT2D eigenvalue weighted by atomic mass is 79.9. The Labute approximate surface area is 155 Å². The first-order valence-electron chi connectivity index (χ1n) is 7.46. The van der Waals surface area contributed by atoms with Crippen molar-refractivity contribution in [3.63, 3.8) is 0 Å². The predicted molar refractivity (Wildman–Crippen MR) is 95.4 cm³/mol. The van der Waals surface area contributed by atoms with Crippen molar-refractivity contribution in [2.75, 3.05) is 32.6 Å². The van der Waals surface area contributed by atoms with Crippen molar-refractivity contribution in [1.29, 1.82) is 0 Å². The maximum Gasteiger partial charge on any atom is 0.243 e. The van der Waals surface area contributed by atoms with E-state index in [2.05, 4.69) is 15.9 Å². The number of likely N-dealkylation sites (N-methyl/N-ethyl adjacent to an activating group) is 1. The van der Waals surface area contributed by atoms with E-state index in [9.17, 15) is 18.3 Å². The van der Waals surface area contributed by atoms with Gasteiger partial charge in [-0.25, -0.2) is 8.42 Å². The Morgan fingerprint density at radius 3 is 2.38 bits per heavy atom. The summed E-state index contributed by atoms with van der Waals surface area (Å²) < 4.78 is 27.4. The lowest BCUT2D eigenvalue weighted by atomic mass is 9.92. The number of carbonyl (C=O) groups excluding carboxylic acids is 1. The Morgan fingerprint density at radius 2 is 1.88 bits per heavy atom. The van der Waals surface area contributed by atoms with Crippen LogP contribution in [0.3, 0.4) is 0 Å². The lowest BCUT2D eigenvalue weighted by Crippen LogP contribution is -2.52. The van der Waals surface area contributed by atoms with E-state index >= 15 is 0 Å². The van der Waals surface area contributed by atoms with Crippen LogP contribution in [0.15, 0.2) is 33.6 Å². The lowest BCUT2D eigenvalue weighted by Gasteiger charge is -2.39. The van der Waals surface area contributed by atoms with E-state index in [0.717, 1.165) is 4.47 Å². The third kappa shape index (κ3) is 4.49. The molecular weight excluding hydrogens is 420 g/mol. The number of benzene rings is 1. The second kappa shape index (κ2) is 7.70. The quantitative estimate of drug-likeness (QED) is 0.708. The van der Waals surface area contributed by atoms with Crippen LogP contribution in [-0.2, 0) is 14.8 Å². The van der Waals surface area contributed by atoms with Gasteiger partial charge in [-0.05, 0) is 37.1 Å². The largest absolute Gasteiger partial charge is 0.388 e. The predicted octanol–water partition coefficient (Wildman–Crippen LogP) is 1.66. The van der Waals surface area contributed by atoms with E-state index < -0.39 is 15.6 Å². The molecule has 1 aliphatic heterocycles. The summed E-state index contributed by atoms with van der Waals surface area (Å²) in [7, 11) is -2.00. The van der Waals surface area contributed by atoms with Gasteiger partial charge in [-0.1, -0.05) is 15.9 Å². The van der Waals surface area contributed by atoms with Gasteiger partial charge in [0.05, 0.1) is 10.5 Å². The van der Waals surface area contributed by atoms with Crippen LogP contribution in [0.25, 0.3) is 0 Å². The zero-order valence-corrected chi connectivity index (χ0v) is 16.4. The van der Waals surface area contributed by atoms with Gasteiger partial charge in [0.1, 0.15) is 5.88 Å². The molecule has 0 radical (unpaired) electrons. The number of piperidine rings is 1. The minimum Gasteiger partial charge on any atom is -0.388 e. The molecule has 0 saturated carbocycles. The molecule has 0 atom stereocenters. The summed E-state index contributed by atoms with van der Waals surface area (Å²) in [5.41, 5.74) is -1.10. The Hall–Kier alpha value is -0.670. The normalized spacial score (nSPS) is 18.3. The topological polar surface area (TPSA) is 77.9 Å². The zero-order valence-electron chi connectivity index (χ0n) is 13.3. The lowest BCUT2D eigenvalue weighted by molar-refractivity contribution is -0.131. The number of hydrogen-bond acceptors (Lipinski definition) is 4. The van der Waals surface area contributed by atoms with Crippen LogP contribution in [0.1, 0.15) is 12.8 Å². The molecule has 0 unspecified atom stereocenters. The minimum atomic E-state index is -3.58. The van der Waals surface area contributed by atoms with Crippen molar-refractivity contribution < 1.29 is 18.3 Å². The first-order valence-corrected chi connectivity index (χ1v) is 10.2. The van der Waals surface area contributed by atoms with Gasteiger partial charge in [-0.15, -0.1) is 11.6 Å². The molecule has 1 fully saturated rings. The number of carbonyl (C=O) groups is 1. The van der Waals surface area contributed by atoms with Gasteiger partial charge in [0.2, 0.25) is 15.9 Å². The van der Waals surface area contributed by atoms with Gasteiger partial charge < -0.3 is 10.0 Å². The molecule has 6 nitrogen and oxygen atoms in total. The van der Waals surface area contributed by atoms with Gasteiger partial charge in [0, 0.05) is 31.2 Å². The Balaban J connectivity index is 2.03. The fourth-order valence-corrected chi connectivity index (χ4v) is 4.60. The van der Waals surface area contributed by atoms with Gasteiger partial charge in [0.15, 0.2) is 0 Å². The summed E-state index contributed by atoms with van der Waals surface area (Å²) in [4.78, 5) is 13.1. The number of hydrogen-bond donors (Lipinski definition) is 1. The van der Waals surface area contributed by atoms with Crippen LogP contribution in [0.2, 0.25) is 0 Å². The molecule has 2 rings (SSSR count). The molecule has 1 heterocycles. The van der Waals surface area contributed by atoms with Crippen molar-refractivity contribution in [2.24, 2.45) is 0 Å². The SMILES string of the molecule is CN(CC1(O)CCN(S(=O)(=O)c2ccc(Br)cc2)CC1)C(=O)CCl. The van der Waals surface area contributed by atoms with E-state index in [0.29, 0.717) is 0 Å². The Bertz CT molecular complexity index is 688. The van der Waals surface area contributed by atoms with E-state index in [1.165, 1.54) is 9.21 Å². The third-order valence-electron chi connectivity index (χ3n) is 4.18. The zero-order chi connectivity index (χ0) is 18.0. The highest BCUT2D eigenvalue weighted by molar-refractivity contribution is 9.10. The fraction of sp³-hybridized carbons (Fsp3) is 0.533. The van der Waals surface area contributed by atoms with Gasteiger partial charge >= 0.3 is 0 Å². The van der Waals surface area contributed by atoms with Crippen LogP contribution in [0, 0.1) is 0 Å². The summed E-state index contributed by atoms with van der Waals surface area (Å²) in [6, 6.07) is 6.46. The first kappa shape index (κ1) is 19.7. The molecule has 9 heteroatoms. The first-order chi connectivity index (χ1) is 11.2. The number of halogens is 2. The molecule has 1 aliphatic rings. The smallest absolute Gasteiger partial charge is 0.243 e. The maximum atomic E-state index is 12.6. The molecule has 0 aliphatic carbocycles. The van der Waals surface area contributed by atoms with E-state index in [1.54, 1.807) is 31.3 Å². The molecule has 1 saturated heterocycles. The fourth-order valence-electron chi connectivity index (χ4n) is 2.69. The minimum absolute atomic E-state index is 0.142. The van der Waals surface area contributed by atoms with E-state index in [1.807, 2.05) is 0 Å². The van der Waals surface area contributed by atoms with Gasteiger partial charge in [-0.3, -0.25) is 4.79 Å². The van der Waals surface area contributed by atoms with Crippen LogP contribution in [-0.4, -0.2) is 66.8 Å². The number of aliphatic hydroxyl groups is 1. The monoisotopic (exact) mass is 438 g/mol. The van der Waals surface area contributed by atoms with Crippen molar-refractivity contribution >= 4 is 43.5 Å². The number of sulfonamides is 1. The average Bonchev–Trinajstić information content (AvgIpc) is 2.54. The van der Waals surface area contributed by atoms with Crippen molar-refractivity contribution in [3.05, 3.63) is 28.7 Å². The van der Waals surface area contributed by atoms with E-state index in [-0.39, 0.29) is 49.2 Å². The third-order valence-corrected chi connectivity index (χ3v) is 6.85. The van der Waals surface area contributed by atoms with Crippen molar-refractivity contribution in [2.45, 2.75) is 23.3 Å². The molecule has 0 spiro atoms. The molecule has 1 aromatic carbocycles. The van der Waals surface area contributed by atoms with Crippen molar-refractivity contribution in [3.8, 4) is 0 Å². The van der Waals surface area contributed by atoms with Gasteiger partial charge in [-0.2, -0.15) is 4.31 Å². The molecule has 0 aromatic heterocycles. The average molecular weight is 440 g/mol. The highest BCUT2D eigenvalue weighted by Gasteiger charge is 2.38. The Morgan fingerprint density at radius 1 is 1.33 bits per heavy atom. The van der Waals surface area contributed by atoms with Crippen LogP contribution in [0.4, 0.5) is 0 Å². The molecule has 1 N–H and O–H groups in total. The van der Waals surface area contributed by atoms with Gasteiger partial charge in [0.25, 0.3) is 0 Å². The summed E-state index contributed by atoms with van der Waals surface area (Å²) in [5, 5.41) is 10.6. The highest BCUT2D eigenvalue weighted by Crippen LogP contribution is 2.28. The van der Waals surface area contributed by atoms with Crippen molar-refractivity contribution in [1.82, 2.24) is 9.21 Å². The maximum absolute atomic E-state index is 12.6. The number of alkyl halides is 1. The second-order valence-corrected chi connectivity index (χ2v) is 9.09. The molecule has 1 amide bonds. The Kier molecular flexibility index (Phi) is 6.30. The summed E-state index contributed by atoms with van der Waals surface area (Å²) >= 11 is 8.79. The number of rotatable bonds is 5. The van der Waals surface area contributed by atoms with E-state index in [4.69, 9.17) is 11.6 Å². The van der Waals surface area contributed by atoms with Crippen LogP contribution >= 0.6 is 27.5 Å². The molecular formula is C15H20BrClN2O4S. The molecule has 24 heavy (non-hydrogen) atoms. The molecule has 0 bridgehead atoms. The number of nitrogens with zero attached hydrogens (tertiary/aromatic N) is 2. The van der Waals surface area contributed by atoms with Crippen LogP contribution < -0.4 is 0 Å². The second-order valence-electron chi connectivity index (χ2n) is 5.97. The summed E-state index contributed by atoms with van der Waals surface area (Å²) in [6.07, 6.45) is 0.533. The number of amides is 1. The van der Waals surface area contributed by atoms with Crippen LogP contribution in [0.5, 0.6) is 0 Å². The summed E-state index contributed by atoms with van der Waals surface area (Å²) in [6.45, 7) is 0.556. The standard InChI is InChI=1S/C15H20BrClN2O4S/c1-18(14(20)10-17)11-15(21)6-8-19(9-7-15)24(22,23)13-4-2-12(16)3-5-13/h2-5,21H,6-11H2,1H3. The molecule has 1 aromatic rings.